The number of hydrogen-bond donors (Lipinski definition) is 1. The molecule has 0 saturated heterocycles. The van der Waals surface area contributed by atoms with Crippen LogP contribution in [-0.4, -0.2) is 31.8 Å². The van der Waals surface area contributed by atoms with Crippen LogP contribution >= 0.6 is 11.8 Å². The zero-order valence-electron chi connectivity index (χ0n) is 9.62. The first-order valence-corrected chi connectivity index (χ1v) is 6.39. The van der Waals surface area contributed by atoms with Crippen LogP contribution in [0.2, 0.25) is 0 Å². The van der Waals surface area contributed by atoms with Gasteiger partial charge in [0.2, 0.25) is 5.91 Å². The predicted octanol–water partition coefficient (Wildman–Crippen LogP) is 1.65. The highest BCUT2D eigenvalue weighted by Gasteiger charge is 2.22. The number of amides is 1. The quantitative estimate of drug-likeness (QED) is 0.847. The van der Waals surface area contributed by atoms with E-state index in [2.05, 4.69) is 30.4 Å². The molecule has 1 aliphatic heterocycles. The van der Waals surface area contributed by atoms with Crippen LogP contribution < -0.4 is 10.2 Å². The number of anilines is 1. The summed E-state index contributed by atoms with van der Waals surface area (Å²) < 4.78 is 0. The van der Waals surface area contributed by atoms with Crippen LogP contribution in [0.25, 0.3) is 0 Å². The second kappa shape index (κ2) is 4.89. The maximum atomic E-state index is 11.9. The normalized spacial score (nSPS) is 14.8. The van der Waals surface area contributed by atoms with Crippen LogP contribution in [0.1, 0.15) is 5.56 Å². The van der Waals surface area contributed by atoms with E-state index in [4.69, 9.17) is 0 Å². The molecule has 1 aromatic rings. The molecule has 1 N–H and O–H groups in total. The fourth-order valence-corrected chi connectivity index (χ4v) is 2.81. The lowest BCUT2D eigenvalue weighted by Gasteiger charge is -2.29. The molecule has 1 aliphatic rings. The van der Waals surface area contributed by atoms with E-state index in [0.29, 0.717) is 6.54 Å². The van der Waals surface area contributed by atoms with Crippen LogP contribution in [0.4, 0.5) is 5.69 Å². The second-order valence-electron chi connectivity index (χ2n) is 3.90. The van der Waals surface area contributed by atoms with E-state index in [1.807, 2.05) is 16.7 Å². The summed E-state index contributed by atoms with van der Waals surface area (Å²) in [6.07, 6.45) is 0. The fourth-order valence-electron chi connectivity index (χ4n) is 1.83. The summed E-state index contributed by atoms with van der Waals surface area (Å²) in [5.74, 6) is 1.13. The van der Waals surface area contributed by atoms with Crippen molar-refractivity contribution < 1.29 is 4.79 Å². The molecule has 1 heterocycles. The van der Waals surface area contributed by atoms with Crippen LogP contribution in [-0.2, 0) is 4.79 Å². The Labute approximate surface area is 100 Å². The molecule has 0 spiro atoms. The first-order chi connectivity index (χ1) is 7.72. The molecule has 0 saturated carbocycles. The van der Waals surface area contributed by atoms with Gasteiger partial charge in [0.15, 0.2) is 0 Å². The monoisotopic (exact) mass is 236 g/mol. The third-order valence-electron chi connectivity index (χ3n) is 2.61. The largest absolute Gasteiger partial charge is 0.311 e. The minimum atomic E-state index is 0.148. The van der Waals surface area contributed by atoms with Gasteiger partial charge in [-0.05, 0) is 31.7 Å². The fraction of sp³-hybridized carbons (Fsp3) is 0.417. The lowest BCUT2D eigenvalue weighted by atomic mass is 10.2. The first kappa shape index (κ1) is 11.5. The Morgan fingerprint density at radius 1 is 1.56 bits per heavy atom. The van der Waals surface area contributed by atoms with Gasteiger partial charge >= 0.3 is 0 Å². The van der Waals surface area contributed by atoms with Gasteiger partial charge in [0.05, 0.1) is 12.2 Å². The van der Waals surface area contributed by atoms with Crippen LogP contribution in [0.15, 0.2) is 23.1 Å². The molecule has 2 rings (SSSR count). The van der Waals surface area contributed by atoms with E-state index in [0.717, 1.165) is 18.0 Å². The van der Waals surface area contributed by atoms with Gasteiger partial charge in [-0.3, -0.25) is 4.79 Å². The number of likely N-dealkylation sites (N-methyl/N-ethyl adjacent to an activating group) is 1. The zero-order valence-corrected chi connectivity index (χ0v) is 10.4. The number of rotatable bonds is 2. The van der Waals surface area contributed by atoms with Gasteiger partial charge in [-0.1, -0.05) is 6.07 Å². The molecular formula is C12H16N2OS. The Balaban J connectivity index is 2.31. The molecule has 1 amide bonds. The van der Waals surface area contributed by atoms with Gasteiger partial charge in [-0.2, -0.15) is 0 Å². The van der Waals surface area contributed by atoms with Crippen molar-refractivity contribution >= 4 is 23.4 Å². The minimum Gasteiger partial charge on any atom is -0.311 e. The maximum Gasteiger partial charge on any atom is 0.240 e. The molecule has 4 heteroatoms. The van der Waals surface area contributed by atoms with Gasteiger partial charge in [-0.25, -0.2) is 0 Å². The highest BCUT2D eigenvalue weighted by atomic mass is 32.2. The van der Waals surface area contributed by atoms with Crippen molar-refractivity contribution in [2.75, 3.05) is 30.8 Å². The number of nitrogens with one attached hydrogen (secondary N) is 1. The van der Waals surface area contributed by atoms with Gasteiger partial charge in [0.25, 0.3) is 0 Å². The maximum absolute atomic E-state index is 11.9. The molecule has 3 nitrogen and oxygen atoms in total. The molecule has 0 bridgehead atoms. The lowest BCUT2D eigenvalue weighted by Crippen LogP contribution is -2.40. The highest BCUT2D eigenvalue weighted by Crippen LogP contribution is 2.35. The Bertz CT molecular complexity index is 406. The number of thioether (sulfide) groups is 1. The Morgan fingerprint density at radius 2 is 2.38 bits per heavy atom. The van der Waals surface area contributed by atoms with E-state index < -0.39 is 0 Å². The van der Waals surface area contributed by atoms with Gasteiger partial charge < -0.3 is 10.2 Å². The number of nitrogens with zero attached hydrogens (tertiary/aromatic N) is 1. The average molecular weight is 236 g/mol. The van der Waals surface area contributed by atoms with Crippen molar-refractivity contribution in [1.82, 2.24) is 5.32 Å². The summed E-state index contributed by atoms with van der Waals surface area (Å²) in [6.45, 7) is 3.26. The number of benzene rings is 1. The van der Waals surface area contributed by atoms with Crippen LogP contribution in [0.3, 0.4) is 0 Å². The molecule has 0 radical (unpaired) electrons. The first-order valence-electron chi connectivity index (χ1n) is 5.41. The van der Waals surface area contributed by atoms with E-state index in [9.17, 15) is 4.79 Å². The summed E-state index contributed by atoms with van der Waals surface area (Å²) in [5.41, 5.74) is 2.26. The second-order valence-corrected chi connectivity index (χ2v) is 5.03. The van der Waals surface area contributed by atoms with Crippen molar-refractivity contribution in [3.8, 4) is 0 Å². The number of aryl methyl sites for hydroxylation is 1. The standard InChI is InChI=1S/C12H16N2OS/c1-9-3-4-11-10(7-9)14(5-6-16-11)12(15)8-13-2/h3-4,7,13H,5-6,8H2,1-2H3. The summed E-state index contributed by atoms with van der Waals surface area (Å²) in [7, 11) is 1.80. The van der Waals surface area contributed by atoms with Crippen molar-refractivity contribution in [2.24, 2.45) is 0 Å². The van der Waals surface area contributed by atoms with Gasteiger partial charge in [-0.15, -0.1) is 11.8 Å². The summed E-state index contributed by atoms with van der Waals surface area (Å²) in [6, 6.07) is 6.29. The van der Waals surface area contributed by atoms with Gasteiger partial charge in [0.1, 0.15) is 0 Å². The Hall–Kier alpha value is -1.00. The van der Waals surface area contributed by atoms with Crippen molar-refractivity contribution in [1.29, 1.82) is 0 Å². The van der Waals surface area contributed by atoms with E-state index in [1.165, 1.54) is 10.5 Å². The van der Waals surface area contributed by atoms with Crippen molar-refractivity contribution in [3.63, 3.8) is 0 Å². The van der Waals surface area contributed by atoms with Gasteiger partial charge in [0, 0.05) is 17.2 Å². The Kier molecular flexibility index (Phi) is 3.51. The van der Waals surface area contributed by atoms with E-state index in [1.54, 1.807) is 7.05 Å². The molecule has 0 unspecified atom stereocenters. The summed E-state index contributed by atoms with van der Waals surface area (Å²) in [5, 5.41) is 2.91. The van der Waals surface area contributed by atoms with Crippen LogP contribution in [0.5, 0.6) is 0 Å². The van der Waals surface area contributed by atoms with Crippen LogP contribution in [0, 0.1) is 6.92 Å². The Morgan fingerprint density at radius 3 is 3.12 bits per heavy atom. The lowest BCUT2D eigenvalue weighted by molar-refractivity contribution is -0.117. The summed E-state index contributed by atoms with van der Waals surface area (Å²) >= 11 is 1.82. The van der Waals surface area contributed by atoms with E-state index in [-0.39, 0.29) is 5.91 Å². The smallest absolute Gasteiger partial charge is 0.240 e. The number of carbonyl (C=O) groups excluding carboxylic acids is 1. The number of hydrogen-bond acceptors (Lipinski definition) is 3. The number of fused-ring (bicyclic) bond motifs is 1. The van der Waals surface area contributed by atoms with Crippen molar-refractivity contribution in [3.05, 3.63) is 23.8 Å². The summed E-state index contributed by atoms with van der Waals surface area (Å²) in [4.78, 5) is 15.0. The topological polar surface area (TPSA) is 32.3 Å². The average Bonchev–Trinajstić information content (AvgIpc) is 2.28. The molecule has 16 heavy (non-hydrogen) atoms. The van der Waals surface area contributed by atoms with Crippen molar-refractivity contribution in [2.45, 2.75) is 11.8 Å². The molecule has 0 atom stereocenters. The molecule has 0 aromatic heterocycles. The third-order valence-corrected chi connectivity index (χ3v) is 3.65. The molecular weight excluding hydrogens is 220 g/mol. The van der Waals surface area contributed by atoms with E-state index >= 15 is 0 Å². The SMILES string of the molecule is CNCC(=O)N1CCSc2ccc(C)cc21. The zero-order chi connectivity index (χ0) is 11.5. The number of carbonyl (C=O) groups is 1. The minimum absolute atomic E-state index is 0.148. The predicted molar refractivity (Wildman–Crippen MR) is 68.2 cm³/mol. The molecule has 0 fully saturated rings. The molecule has 86 valence electrons. The molecule has 0 aliphatic carbocycles. The highest BCUT2D eigenvalue weighted by molar-refractivity contribution is 7.99. The third kappa shape index (κ3) is 2.23. The molecule has 1 aromatic carbocycles.